The van der Waals surface area contributed by atoms with Crippen molar-refractivity contribution in [3.05, 3.63) is 46.6 Å². The number of rotatable bonds is 7. The second kappa shape index (κ2) is 10.8. The van der Waals surface area contributed by atoms with E-state index in [1.807, 2.05) is 0 Å². The molecule has 0 heterocycles. The molecule has 0 saturated heterocycles. The minimum atomic E-state index is 0. The van der Waals surface area contributed by atoms with E-state index in [-0.39, 0.29) is 12.4 Å². The van der Waals surface area contributed by atoms with Gasteiger partial charge in [0, 0.05) is 23.7 Å². The first-order valence-corrected chi connectivity index (χ1v) is 12.2. The van der Waals surface area contributed by atoms with Gasteiger partial charge in [-0.25, -0.2) is 0 Å². The van der Waals surface area contributed by atoms with Crippen molar-refractivity contribution in [3.8, 4) is 0 Å². The van der Waals surface area contributed by atoms with Crippen molar-refractivity contribution >= 4 is 24.0 Å². The van der Waals surface area contributed by atoms with Gasteiger partial charge in [0.05, 0.1) is 0 Å². The Hall–Kier alpha value is -0.660. The van der Waals surface area contributed by atoms with Crippen LogP contribution < -0.4 is 5.32 Å². The number of hydrogen-bond donors (Lipinski definition) is 1. The molecule has 0 amide bonds. The van der Waals surface area contributed by atoms with E-state index in [2.05, 4.69) is 57.8 Å². The van der Waals surface area contributed by atoms with Crippen molar-refractivity contribution in [2.75, 3.05) is 6.54 Å². The summed E-state index contributed by atoms with van der Waals surface area (Å²) in [5, 5.41) is 4.50. The quantitative estimate of drug-likeness (QED) is 0.436. The first-order valence-electron chi connectivity index (χ1n) is 11.8. The van der Waals surface area contributed by atoms with E-state index in [4.69, 9.17) is 11.6 Å². The lowest BCUT2D eigenvalue weighted by Crippen LogP contribution is -2.33. The zero-order chi connectivity index (χ0) is 21.1. The molecule has 1 nitrogen and oxygen atoms in total. The van der Waals surface area contributed by atoms with Gasteiger partial charge in [-0.15, -0.1) is 12.4 Å². The average molecular weight is 453 g/mol. The van der Waals surface area contributed by atoms with Gasteiger partial charge in [-0.2, -0.15) is 0 Å². The number of allylic oxidation sites excluding steroid dienone is 1. The molecule has 3 heteroatoms. The van der Waals surface area contributed by atoms with E-state index < -0.39 is 0 Å². The van der Waals surface area contributed by atoms with Crippen LogP contribution in [0, 0.1) is 16.7 Å². The summed E-state index contributed by atoms with van der Waals surface area (Å²) in [5.74, 6) is 1.48. The van der Waals surface area contributed by atoms with Crippen molar-refractivity contribution < 1.29 is 0 Å². The van der Waals surface area contributed by atoms with Gasteiger partial charge in [0.15, 0.2) is 0 Å². The molecule has 2 aliphatic carbocycles. The van der Waals surface area contributed by atoms with Crippen LogP contribution >= 0.6 is 24.0 Å². The molecule has 2 fully saturated rings. The maximum atomic E-state index is 6.79. The Bertz CT molecular complexity index is 685. The third kappa shape index (κ3) is 7.49. The Morgan fingerprint density at radius 2 is 1.70 bits per heavy atom. The molecule has 2 saturated carbocycles. The Labute approximate surface area is 196 Å². The average Bonchev–Trinajstić information content (AvgIpc) is 2.60. The van der Waals surface area contributed by atoms with Gasteiger partial charge in [-0.05, 0) is 65.5 Å². The highest BCUT2D eigenvalue weighted by Crippen LogP contribution is 2.52. The number of hydrogen-bond acceptors (Lipinski definition) is 1. The lowest BCUT2D eigenvalue weighted by atomic mass is 9.60. The number of benzene rings is 1. The van der Waals surface area contributed by atoms with Crippen molar-refractivity contribution in [1.82, 2.24) is 5.32 Å². The predicted molar refractivity (Wildman–Crippen MR) is 135 cm³/mol. The van der Waals surface area contributed by atoms with Gasteiger partial charge in [0.25, 0.3) is 0 Å². The molecule has 30 heavy (non-hydrogen) atoms. The monoisotopic (exact) mass is 451 g/mol. The maximum absolute atomic E-state index is 6.79. The van der Waals surface area contributed by atoms with Gasteiger partial charge in [0.1, 0.15) is 0 Å². The number of nitrogens with one attached hydrogen (secondary N) is 1. The molecule has 0 radical (unpaired) electrons. The molecule has 2 aliphatic rings. The molecule has 170 valence electrons. The highest BCUT2D eigenvalue weighted by Gasteiger charge is 2.39. The van der Waals surface area contributed by atoms with Gasteiger partial charge in [-0.1, -0.05) is 90.1 Å². The van der Waals surface area contributed by atoms with Crippen LogP contribution in [0.3, 0.4) is 0 Å². The fourth-order valence-corrected chi connectivity index (χ4v) is 6.67. The Morgan fingerprint density at radius 3 is 2.30 bits per heavy atom. The lowest BCUT2D eigenvalue weighted by Gasteiger charge is -2.45. The molecule has 0 aliphatic heterocycles. The maximum Gasteiger partial charge on any atom is 0.0443 e. The molecule has 0 aromatic heterocycles. The zero-order valence-corrected chi connectivity index (χ0v) is 21.2. The van der Waals surface area contributed by atoms with E-state index >= 15 is 0 Å². The summed E-state index contributed by atoms with van der Waals surface area (Å²) in [6.45, 7) is 15.0. The summed E-state index contributed by atoms with van der Waals surface area (Å²) in [5.41, 5.74) is 4.48. The van der Waals surface area contributed by atoms with Crippen molar-refractivity contribution in [1.29, 1.82) is 0 Å². The molecule has 0 spiro atoms. The molecule has 0 unspecified atom stereocenters. The highest BCUT2D eigenvalue weighted by molar-refractivity contribution is 6.31. The van der Waals surface area contributed by atoms with E-state index in [1.54, 1.807) is 0 Å². The first kappa shape index (κ1) is 25.6. The Kier molecular flexibility index (Phi) is 9.19. The molecule has 0 bridgehead atoms. The molecule has 0 atom stereocenters. The molecular formula is C27H43Cl2N. The van der Waals surface area contributed by atoms with Crippen LogP contribution in [-0.4, -0.2) is 6.54 Å². The summed E-state index contributed by atoms with van der Waals surface area (Å²) < 4.78 is 0. The number of halogens is 2. The summed E-state index contributed by atoms with van der Waals surface area (Å²) in [6.07, 6.45) is 13.0. The standard InChI is InChI=1S/C27H42ClN.ClH/c1-20(29-14-13-21-9-7-6-8-10-21)15-22-11-12-24(25(28)16-22)23-17-26(2,3)19-27(4,5)18-23;/h11-12,16,21,23,29H,1,6-10,13-15,17-19H2,2-5H3;1H. The van der Waals surface area contributed by atoms with Gasteiger partial charge in [0.2, 0.25) is 0 Å². The Morgan fingerprint density at radius 1 is 1.07 bits per heavy atom. The summed E-state index contributed by atoms with van der Waals surface area (Å²) in [4.78, 5) is 0. The Balaban J connectivity index is 0.00000320. The van der Waals surface area contributed by atoms with E-state index in [1.165, 1.54) is 68.9 Å². The van der Waals surface area contributed by atoms with Crippen LogP contribution in [0.2, 0.25) is 5.02 Å². The van der Waals surface area contributed by atoms with Crippen LogP contribution in [0.4, 0.5) is 0 Å². The highest BCUT2D eigenvalue weighted by atomic mass is 35.5. The molecular weight excluding hydrogens is 409 g/mol. The van der Waals surface area contributed by atoms with Gasteiger partial charge < -0.3 is 5.32 Å². The molecule has 1 aromatic carbocycles. The summed E-state index contributed by atoms with van der Waals surface area (Å²) >= 11 is 6.79. The van der Waals surface area contributed by atoms with Gasteiger partial charge >= 0.3 is 0 Å². The van der Waals surface area contributed by atoms with Gasteiger partial charge in [-0.3, -0.25) is 0 Å². The minimum absolute atomic E-state index is 0. The third-order valence-electron chi connectivity index (χ3n) is 7.13. The molecule has 3 rings (SSSR count). The van der Waals surface area contributed by atoms with E-state index in [9.17, 15) is 0 Å². The SMILES string of the molecule is C=C(Cc1ccc(C2CC(C)(C)CC(C)(C)C2)c(Cl)c1)NCCC1CCCCC1.Cl. The fourth-order valence-electron chi connectivity index (χ4n) is 6.32. The van der Waals surface area contributed by atoms with Crippen molar-refractivity contribution in [2.45, 2.75) is 97.8 Å². The second-order valence-corrected chi connectivity index (χ2v) is 11.9. The predicted octanol–water partition coefficient (Wildman–Crippen LogP) is 8.70. The summed E-state index contributed by atoms with van der Waals surface area (Å²) in [6, 6.07) is 6.73. The fraction of sp³-hybridized carbons (Fsp3) is 0.704. The normalized spacial score (nSPS) is 21.6. The molecule has 1 N–H and O–H groups in total. The third-order valence-corrected chi connectivity index (χ3v) is 7.46. The van der Waals surface area contributed by atoms with Crippen molar-refractivity contribution in [2.24, 2.45) is 16.7 Å². The zero-order valence-electron chi connectivity index (χ0n) is 19.7. The topological polar surface area (TPSA) is 12.0 Å². The second-order valence-electron chi connectivity index (χ2n) is 11.5. The molecule has 1 aromatic rings. The van der Waals surface area contributed by atoms with Crippen LogP contribution in [0.25, 0.3) is 0 Å². The largest absolute Gasteiger partial charge is 0.389 e. The van der Waals surface area contributed by atoms with E-state index in [0.29, 0.717) is 16.7 Å². The van der Waals surface area contributed by atoms with Crippen LogP contribution in [-0.2, 0) is 6.42 Å². The lowest BCUT2D eigenvalue weighted by molar-refractivity contribution is 0.0969. The van der Waals surface area contributed by atoms with Crippen LogP contribution in [0.15, 0.2) is 30.5 Å². The van der Waals surface area contributed by atoms with E-state index in [0.717, 1.165) is 29.6 Å². The summed E-state index contributed by atoms with van der Waals surface area (Å²) in [7, 11) is 0. The first-order chi connectivity index (χ1) is 13.6. The minimum Gasteiger partial charge on any atom is -0.389 e. The van der Waals surface area contributed by atoms with Crippen LogP contribution in [0.1, 0.15) is 103 Å². The van der Waals surface area contributed by atoms with Crippen molar-refractivity contribution in [3.63, 3.8) is 0 Å². The van der Waals surface area contributed by atoms with Crippen LogP contribution in [0.5, 0.6) is 0 Å². The smallest absolute Gasteiger partial charge is 0.0443 e.